The number of rotatable bonds is 6. The van der Waals surface area contributed by atoms with E-state index in [0.29, 0.717) is 5.92 Å². The van der Waals surface area contributed by atoms with Crippen molar-refractivity contribution in [3.63, 3.8) is 0 Å². The van der Waals surface area contributed by atoms with Crippen LogP contribution in [0.2, 0.25) is 0 Å². The average Bonchev–Trinajstić information content (AvgIpc) is 2.85. The SMILES string of the molecule is CC(C)Cn1c(CN2CCC(NS(C)(=O)=O)CC2)nc2ccccc21. The highest BCUT2D eigenvalue weighted by molar-refractivity contribution is 7.88. The first-order valence-electron chi connectivity index (χ1n) is 8.95. The van der Waals surface area contributed by atoms with Crippen LogP contribution in [0.25, 0.3) is 11.0 Å². The van der Waals surface area contributed by atoms with Gasteiger partial charge in [0.15, 0.2) is 0 Å². The highest BCUT2D eigenvalue weighted by atomic mass is 32.2. The fraction of sp³-hybridized carbons (Fsp3) is 0.611. The molecule has 0 bridgehead atoms. The summed E-state index contributed by atoms with van der Waals surface area (Å²) in [6.45, 7) is 7.99. The average molecular weight is 365 g/mol. The van der Waals surface area contributed by atoms with Crippen molar-refractivity contribution < 1.29 is 8.42 Å². The molecule has 6 nitrogen and oxygen atoms in total. The number of hydrogen-bond donors (Lipinski definition) is 1. The molecule has 1 aromatic carbocycles. The Morgan fingerprint density at radius 3 is 2.56 bits per heavy atom. The van der Waals surface area contributed by atoms with Gasteiger partial charge in [-0.3, -0.25) is 4.90 Å². The first-order valence-corrected chi connectivity index (χ1v) is 10.8. The third kappa shape index (κ3) is 4.80. The van der Waals surface area contributed by atoms with Crippen LogP contribution in [0.4, 0.5) is 0 Å². The Bertz CT molecular complexity index is 821. The normalized spacial score (nSPS) is 17.6. The molecule has 1 aromatic heterocycles. The lowest BCUT2D eigenvalue weighted by molar-refractivity contribution is 0.193. The second-order valence-corrected chi connectivity index (χ2v) is 9.24. The summed E-state index contributed by atoms with van der Waals surface area (Å²) >= 11 is 0. The molecule has 0 atom stereocenters. The summed E-state index contributed by atoms with van der Waals surface area (Å²) in [5, 5.41) is 0. The van der Waals surface area contributed by atoms with Crippen LogP contribution in [0.3, 0.4) is 0 Å². The van der Waals surface area contributed by atoms with Gasteiger partial charge in [-0.2, -0.15) is 0 Å². The van der Waals surface area contributed by atoms with Gasteiger partial charge in [0.05, 0.1) is 23.8 Å². The summed E-state index contributed by atoms with van der Waals surface area (Å²) in [6.07, 6.45) is 2.92. The number of sulfonamides is 1. The molecular formula is C18H28N4O2S. The molecule has 25 heavy (non-hydrogen) atoms. The number of imidazole rings is 1. The molecule has 0 spiro atoms. The van der Waals surface area contributed by atoms with Gasteiger partial charge in [0.25, 0.3) is 0 Å². The smallest absolute Gasteiger partial charge is 0.208 e. The van der Waals surface area contributed by atoms with Gasteiger partial charge in [-0.25, -0.2) is 18.1 Å². The summed E-state index contributed by atoms with van der Waals surface area (Å²) in [5.41, 5.74) is 2.24. The lowest BCUT2D eigenvalue weighted by Gasteiger charge is -2.31. The number of piperidine rings is 1. The zero-order chi connectivity index (χ0) is 18.0. The fourth-order valence-electron chi connectivity index (χ4n) is 3.53. The Hall–Kier alpha value is -1.44. The van der Waals surface area contributed by atoms with E-state index in [1.165, 1.54) is 11.8 Å². The Balaban J connectivity index is 1.71. The Kier molecular flexibility index (Phi) is 5.46. The molecule has 2 aromatic rings. The minimum absolute atomic E-state index is 0.0562. The van der Waals surface area contributed by atoms with Crippen molar-refractivity contribution in [2.75, 3.05) is 19.3 Å². The largest absolute Gasteiger partial charge is 0.327 e. The lowest BCUT2D eigenvalue weighted by atomic mass is 10.1. The summed E-state index contributed by atoms with van der Waals surface area (Å²) in [5.74, 6) is 1.66. The van der Waals surface area contributed by atoms with E-state index in [1.54, 1.807) is 0 Å². The molecule has 0 aliphatic carbocycles. The van der Waals surface area contributed by atoms with Crippen LogP contribution in [0, 0.1) is 5.92 Å². The van der Waals surface area contributed by atoms with Crippen molar-refractivity contribution in [2.24, 2.45) is 5.92 Å². The standard InChI is InChI=1S/C18H28N4O2S/c1-14(2)12-22-17-7-5-4-6-16(17)19-18(22)13-21-10-8-15(9-11-21)20-25(3,23)24/h4-7,14-15,20H,8-13H2,1-3H3. The summed E-state index contributed by atoms with van der Waals surface area (Å²) in [6, 6.07) is 8.35. The molecule has 138 valence electrons. The molecule has 1 saturated heterocycles. The van der Waals surface area contributed by atoms with Gasteiger partial charge in [-0.1, -0.05) is 26.0 Å². The van der Waals surface area contributed by atoms with E-state index >= 15 is 0 Å². The minimum atomic E-state index is -3.12. The number of fused-ring (bicyclic) bond motifs is 1. The van der Waals surface area contributed by atoms with Crippen molar-refractivity contribution in [1.82, 2.24) is 19.2 Å². The predicted octanol–water partition coefficient (Wildman–Crippen LogP) is 2.21. The van der Waals surface area contributed by atoms with Gasteiger partial charge in [0.1, 0.15) is 5.82 Å². The van der Waals surface area contributed by atoms with Crippen LogP contribution in [-0.2, 0) is 23.1 Å². The molecule has 0 unspecified atom stereocenters. The second-order valence-electron chi connectivity index (χ2n) is 7.46. The van der Waals surface area contributed by atoms with E-state index < -0.39 is 10.0 Å². The maximum atomic E-state index is 11.4. The zero-order valence-corrected chi connectivity index (χ0v) is 16.1. The van der Waals surface area contributed by atoms with Crippen LogP contribution >= 0.6 is 0 Å². The maximum Gasteiger partial charge on any atom is 0.208 e. The van der Waals surface area contributed by atoms with Crippen LogP contribution in [0.5, 0.6) is 0 Å². The number of para-hydroxylation sites is 2. The van der Waals surface area contributed by atoms with Crippen molar-refractivity contribution in [3.05, 3.63) is 30.1 Å². The number of hydrogen-bond acceptors (Lipinski definition) is 4. The molecule has 1 aliphatic rings. The predicted molar refractivity (Wildman–Crippen MR) is 101 cm³/mol. The summed E-state index contributed by atoms with van der Waals surface area (Å²) in [4.78, 5) is 7.22. The molecule has 1 N–H and O–H groups in total. The van der Waals surface area contributed by atoms with Gasteiger partial charge in [0.2, 0.25) is 10.0 Å². The van der Waals surface area contributed by atoms with Crippen LogP contribution in [-0.4, -0.2) is 48.3 Å². The maximum absolute atomic E-state index is 11.4. The molecule has 1 aliphatic heterocycles. The van der Waals surface area contributed by atoms with Crippen LogP contribution in [0.15, 0.2) is 24.3 Å². The number of nitrogens with one attached hydrogen (secondary N) is 1. The van der Waals surface area contributed by atoms with Gasteiger partial charge in [-0.05, 0) is 30.9 Å². The summed E-state index contributed by atoms with van der Waals surface area (Å²) in [7, 11) is -3.12. The third-order valence-electron chi connectivity index (χ3n) is 4.61. The minimum Gasteiger partial charge on any atom is -0.327 e. The van der Waals surface area contributed by atoms with Gasteiger partial charge in [-0.15, -0.1) is 0 Å². The van der Waals surface area contributed by atoms with Crippen molar-refractivity contribution >= 4 is 21.1 Å². The van der Waals surface area contributed by atoms with E-state index in [-0.39, 0.29) is 6.04 Å². The second kappa shape index (κ2) is 7.43. The van der Waals surface area contributed by atoms with Gasteiger partial charge >= 0.3 is 0 Å². The molecule has 7 heteroatoms. The van der Waals surface area contributed by atoms with E-state index in [9.17, 15) is 8.42 Å². The molecule has 2 heterocycles. The first-order chi connectivity index (χ1) is 11.8. The Labute approximate surface area is 150 Å². The topological polar surface area (TPSA) is 67.2 Å². The first kappa shape index (κ1) is 18.4. The molecule has 0 amide bonds. The molecule has 3 rings (SSSR count). The van der Waals surface area contributed by atoms with Crippen LogP contribution < -0.4 is 4.72 Å². The Morgan fingerprint density at radius 2 is 1.92 bits per heavy atom. The van der Waals surface area contributed by atoms with Crippen LogP contribution in [0.1, 0.15) is 32.5 Å². The fourth-order valence-corrected chi connectivity index (χ4v) is 4.37. The van der Waals surface area contributed by atoms with E-state index in [2.05, 4.69) is 46.2 Å². The quantitative estimate of drug-likeness (QED) is 0.853. The molecule has 0 saturated carbocycles. The highest BCUT2D eigenvalue weighted by Gasteiger charge is 2.23. The lowest BCUT2D eigenvalue weighted by Crippen LogP contribution is -2.44. The van der Waals surface area contributed by atoms with E-state index in [4.69, 9.17) is 4.98 Å². The molecule has 0 radical (unpaired) electrons. The number of nitrogens with zero attached hydrogens (tertiary/aromatic N) is 3. The Morgan fingerprint density at radius 1 is 1.24 bits per heavy atom. The van der Waals surface area contributed by atoms with Crippen molar-refractivity contribution in [1.29, 1.82) is 0 Å². The van der Waals surface area contributed by atoms with E-state index in [1.807, 2.05) is 6.07 Å². The third-order valence-corrected chi connectivity index (χ3v) is 5.38. The van der Waals surface area contributed by atoms with Gasteiger partial charge < -0.3 is 4.57 Å². The zero-order valence-electron chi connectivity index (χ0n) is 15.3. The molecular weight excluding hydrogens is 336 g/mol. The van der Waals surface area contributed by atoms with Crippen molar-refractivity contribution in [2.45, 2.75) is 45.8 Å². The number of likely N-dealkylation sites (tertiary alicyclic amines) is 1. The number of benzene rings is 1. The molecule has 1 fully saturated rings. The van der Waals surface area contributed by atoms with Gasteiger partial charge in [0, 0.05) is 25.7 Å². The monoisotopic (exact) mass is 364 g/mol. The van der Waals surface area contributed by atoms with E-state index in [0.717, 1.165) is 50.4 Å². The number of aromatic nitrogens is 2. The summed E-state index contributed by atoms with van der Waals surface area (Å²) < 4.78 is 27.8. The van der Waals surface area contributed by atoms with Crippen molar-refractivity contribution in [3.8, 4) is 0 Å². The highest BCUT2D eigenvalue weighted by Crippen LogP contribution is 2.20.